The summed E-state index contributed by atoms with van der Waals surface area (Å²) in [6.07, 6.45) is 0.813. The first-order valence-electron chi connectivity index (χ1n) is 5.65. The molecule has 0 amide bonds. The fourth-order valence-corrected chi connectivity index (χ4v) is 1.44. The van der Waals surface area contributed by atoms with Gasteiger partial charge in [0.2, 0.25) is 0 Å². The van der Waals surface area contributed by atoms with Crippen LogP contribution in [0.25, 0.3) is 0 Å². The van der Waals surface area contributed by atoms with Gasteiger partial charge in [-0.3, -0.25) is 9.59 Å². The highest BCUT2D eigenvalue weighted by Gasteiger charge is 2.06. The lowest BCUT2D eigenvalue weighted by molar-refractivity contribution is -0.140. The van der Waals surface area contributed by atoms with Crippen LogP contribution in [0.5, 0.6) is 0 Å². The number of ketones is 1. The topological polar surface area (TPSA) is 55.4 Å². The molecule has 1 aromatic rings. The highest BCUT2D eigenvalue weighted by molar-refractivity contribution is 5.94. The Balaban J connectivity index is 2.53. The molecular formula is C13H16FNO3. The predicted octanol–water partition coefficient (Wildman–Crippen LogP) is 2.39. The van der Waals surface area contributed by atoms with Crippen molar-refractivity contribution in [2.24, 2.45) is 0 Å². The molecule has 0 saturated carbocycles. The van der Waals surface area contributed by atoms with Crippen LogP contribution in [0.15, 0.2) is 18.2 Å². The Bertz CT molecular complexity index is 446. The monoisotopic (exact) mass is 253 g/mol. The van der Waals surface area contributed by atoms with E-state index >= 15 is 0 Å². The molecule has 98 valence electrons. The molecule has 1 rings (SSSR count). The van der Waals surface area contributed by atoms with Crippen molar-refractivity contribution in [2.45, 2.75) is 19.8 Å². The number of methoxy groups -OCH3 is 1. The van der Waals surface area contributed by atoms with Crippen LogP contribution >= 0.6 is 0 Å². The van der Waals surface area contributed by atoms with Gasteiger partial charge in [0.1, 0.15) is 5.82 Å². The molecule has 0 heterocycles. The smallest absolute Gasteiger partial charge is 0.305 e. The number of esters is 1. The third kappa shape index (κ3) is 4.16. The predicted molar refractivity (Wildman–Crippen MR) is 66.1 cm³/mol. The maximum atomic E-state index is 13.4. The van der Waals surface area contributed by atoms with Gasteiger partial charge in [0.05, 0.1) is 12.8 Å². The maximum Gasteiger partial charge on any atom is 0.305 e. The van der Waals surface area contributed by atoms with Gasteiger partial charge in [0.15, 0.2) is 5.78 Å². The second-order valence-electron chi connectivity index (χ2n) is 3.86. The fourth-order valence-electron chi connectivity index (χ4n) is 1.44. The number of anilines is 1. The summed E-state index contributed by atoms with van der Waals surface area (Å²) in [5, 5.41) is 2.85. The average Bonchev–Trinajstić information content (AvgIpc) is 2.35. The van der Waals surface area contributed by atoms with Crippen molar-refractivity contribution in [1.82, 2.24) is 0 Å². The van der Waals surface area contributed by atoms with Gasteiger partial charge in [-0.05, 0) is 31.5 Å². The molecule has 0 bridgehead atoms. The summed E-state index contributed by atoms with van der Waals surface area (Å²) in [5.74, 6) is -0.833. The molecular weight excluding hydrogens is 237 g/mol. The Morgan fingerprint density at radius 1 is 1.39 bits per heavy atom. The van der Waals surface area contributed by atoms with Crippen LogP contribution in [-0.4, -0.2) is 25.4 Å². The minimum atomic E-state index is -0.418. The largest absolute Gasteiger partial charge is 0.469 e. The Labute approximate surface area is 105 Å². The molecule has 0 unspecified atom stereocenters. The summed E-state index contributed by atoms with van der Waals surface area (Å²) in [5.41, 5.74) is 0.722. The van der Waals surface area contributed by atoms with Crippen LogP contribution in [0, 0.1) is 5.82 Å². The van der Waals surface area contributed by atoms with E-state index in [0.717, 1.165) is 0 Å². The number of benzene rings is 1. The molecule has 0 aliphatic heterocycles. The lowest BCUT2D eigenvalue weighted by Crippen LogP contribution is -2.08. The number of ether oxygens (including phenoxy) is 1. The van der Waals surface area contributed by atoms with Gasteiger partial charge in [-0.2, -0.15) is 0 Å². The molecule has 18 heavy (non-hydrogen) atoms. The third-order valence-electron chi connectivity index (χ3n) is 2.47. The van der Waals surface area contributed by atoms with Crippen molar-refractivity contribution in [2.75, 3.05) is 19.0 Å². The van der Waals surface area contributed by atoms with E-state index in [1.165, 1.54) is 32.2 Å². The number of rotatable bonds is 6. The van der Waals surface area contributed by atoms with Gasteiger partial charge in [-0.1, -0.05) is 0 Å². The summed E-state index contributed by atoms with van der Waals surface area (Å²) in [7, 11) is 1.33. The molecule has 0 aliphatic rings. The molecule has 4 nitrogen and oxygen atoms in total. The third-order valence-corrected chi connectivity index (χ3v) is 2.47. The van der Waals surface area contributed by atoms with E-state index in [0.29, 0.717) is 18.5 Å². The minimum Gasteiger partial charge on any atom is -0.469 e. The van der Waals surface area contributed by atoms with E-state index in [-0.39, 0.29) is 23.9 Å². The van der Waals surface area contributed by atoms with E-state index in [9.17, 15) is 14.0 Å². The van der Waals surface area contributed by atoms with Crippen molar-refractivity contribution in [3.63, 3.8) is 0 Å². The number of carbonyl (C=O) groups excluding carboxylic acids is 2. The zero-order valence-electron chi connectivity index (χ0n) is 10.5. The first-order valence-corrected chi connectivity index (χ1v) is 5.65. The van der Waals surface area contributed by atoms with Gasteiger partial charge in [-0.15, -0.1) is 0 Å². The van der Waals surface area contributed by atoms with Crippen molar-refractivity contribution in [3.05, 3.63) is 29.6 Å². The fraction of sp³-hybridized carbons (Fsp3) is 0.385. The van der Waals surface area contributed by atoms with E-state index in [1.54, 1.807) is 0 Å². The number of carbonyl (C=O) groups is 2. The van der Waals surface area contributed by atoms with Crippen LogP contribution in [0.2, 0.25) is 0 Å². The number of Topliss-reactive ketones (excluding diaryl/α,β-unsaturated/α-hetero) is 1. The van der Waals surface area contributed by atoms with Crippen LogP contribution in [-0.2, 0) is 9.53 Å². The summed E-state index contributed by atoms with van der Waals surface area (Å²) >= 11 is 0. The molecule has 1 aromatic carbocycles. The number of hydrogen-bond acceptors (Lipinski definition) is 4. The standard InChI is InChI=1S/C13H16FNO3/c1-9(16)10-5-6-11(14)12(8-10)15-7-3-4-13(17)18-2/h5-6,8,15H,3-4,7H2,1-2H3. The number of hydrogen-bond donors (Lipinski definition) is 1. The molecule has 0 saturated heterocycles. The highest BCUT2D eigenvalue weighted by atomic mass is 19.1. The van der Waals surface area contributed by atoms with E-state index in [1.807, 2.05) is 0 Å². The Hall–Kier alpha value is -1.91. The molecule has 0 aromatic heterocycles. The Morgan fingerprint density at radius 3 is 2.72 bits per heavy atom. The molecule has 0 radical (unpaired) electrons. The van der Waals surface area contributed by atoms with Crippen LogP contribution in [0.1, 0.15) is 30.1 Å². The Kier molecular flexibility index (Phi) is 5.30. The zero-order chi connectivity index (χ0) is 13.5. The summed E-state index contributed by atoms with van der Waals surface area (Å²) in [6.45, 7) is 1.86. The van der Waals surface area contributed by atoms with Crippen LogP contribution < -0.4 is 5.32 Å². The maximum absolute atomic E-state index is 13.4. The summed E-state index contributed by atoms with van der Waals surface area (Å²) in [6, 6.07) is 4.16. The van der Waals surface area contributed by atoms with Gasteiger partial charge < -0.3 is 10.1 Å². The quantitative estimate of drug-likeness (QED) is 0.480. The second-order valence-corrected chi connectivity index (χ2v) is 3.86. The Morgan fingerprint density at radius 2 is 2.11 bits per heavy atom. The SMILES string of the molecule is COC(=O)CCCNc1cc(C(C)=O)ccc1F. The van der Waals surface area contributed by atoms with Crippen LogP contribution in [0.3, 0.4) is 0 Å². The van der Waals surface area contributed by atoms with Gasteiger partial charge in [0.25, 0.3) is 0 Å². The van der Waals surface area contributed by atoms with Crippen molar-refractivity contribution in [1.29, 1.82) is 0 Å². The number of halogens is 1. The van der Waals surface area contributed by atoms with E-state index in [2.05, 4.69) is 10.1 Å². The molecule has 0 atom stereocenters. The molecule has 0 spiro atoms. The van der Waals surface area contributed by atoms with Crippen molar-refractivity contribution >= 4 is 17.4 Å². The van der Waals surface area contributed by atoms with Gasteiger partial charge in [-0.25, -0.2) is 4.39 Å². The first-order chi connectivity index (χ1) is 8.54. The average molecular weight is 253 g/mol. The summed E-state index contributed by atoms with van der Waals surface area (Å²) in [4.78, 5) is 22.0. The van der Waals surface area contributed by atoms with E-state index < -0.39 is 5.82 Å². The van der Waals surface area contributed by atoms with Crippen molar-refractivity contribution in [3.8, 4) is 0 Å². The molecule has 0 fully saturated rings. The van der Waals surface area contributed by atoms with E-state index in [4.69, 9.17) is 0 Å². The second kappa shape index (κ2) is 6.74. The lowest BCUT2D eigenvalue weighted by atomic mass is 10.1. The van der Waals surface area contributed by atoms with Crippen molar-refractivity contribution < 1.29 is 18.7 Å². The minimum absolute atomic E-state index is 0.118. The summed E-state index contributed by atoms with van der Waals surface area (Å²) < 4.78 is 17.9. The zero-order valence-corrected chi connectivity index (χ0v) is 10.5. The normalized spacial score (nSPS) is 9.94. The molecule has 1 N–H and O–H groups in total. The molecule has 5 heteroatoms. The van der Waals surface area contributed by atoms with Gasteiger partial charge >= 0.3 is 5.97 Å². The van der Waals surface area contributed by atoms with Crippen LogP contribution in [0.4, 0.5) is 10.1 Å². The molecule has 0 aliphatic carbocycles. The lowest BCUT2D eigenvalue weighted by Gasteiger charge is -2.08. The first kappa shape index (κ1) is 14.2. The highest BCUT2D eigenvalue weighted by Crippen LogP contribution is 2.16. The number of nitrogens with one attached hydrogen (secondary N) is 1. The van der Waals surface area contributed by atoms with Gasteiger partial charge in [0, 0.05) is 18.5 Å².